The van der Waals surface area contributed by atoms with Crippen molar-refractivity contribution in [2.24, 2.45) is 0 Å². The van der Waals surface area contributed by atoms with E-state index in [0.717, 1.165) is 24.2 Å². The number of halogens is 1. The van der Waals surface area contributed by atoms with E-state index in [1.165, 1.54) is 13.2 Å². The number of rotatable bonds is 7. The predicted molar refractivity (Wildman–Crippen MR) is 111 cm³/mol. The topological polar surface area (TPSA) is 55.8 Å². The lowest BCUT2D eigenvalue weighted by molar-refractivity contribution is -0.117. The average Bonchev–Trinajstić information content (AvgIpc) is 3.12. The van der Waals surface area contributed by atoms with Gasteiger partial charge in [0.05, 0.1) is 18.7 Å². The molecule has 1 aliphatic rings. The molecule has 1 amide bonds. The maximum absolute atomic E-state index is 12.5. The van der Waals surface area contributed by atoms with Gasteiger partial charge in [0.15, 0.2) is 17.3 Å². The van der Waals surface area contributed by atoms with Gasteiger partial charge in [-0.15, -0.1) is 0 Å². The molecule has 0 aromatic heterocycles. The smallest absolute Gasteiger partial charge is 0.227 e. The summed E-state index contributed by atoms with van der Waals surface area (Å²) in [6.45, 7) is 3.08. The molecule has 0 spiro atoms. The van der Waals surface area contributed by atoms with Crippen LogP contribution in [0.2, 0.25) is 5.02 Å². The molecule has 5 nitrogen and oxygen atoms in total. The second-order valence-corrected chi connectivity index (χ2v) is 6.77. The highest BCUT2D eigenvalue weighted by Crippen LogP contribution is 2.36. The molecule has 3 rings (SSSR count). The second-order valence-electron chi connectivity index (χ2n) is 6.36. The summed E-state index contributed by atoms with van der Waals surface area (Å²) in [6, 6.07) is 10.6. The summed E-state index contributed by atoms with van der Waals surface area (Å²) in [4.78, 5) is 26.0. The number of carbonyl (C=O) groups is 2. The third-order valence-electron chi connectivity index (χ3n) is 4.50. The van der Waals surface area contributed by atoms with Gasteiger partial charge in [-0.2, -0.15) is 0 Å². The van der Waals surface area contributed by atoms with Crippen LogP contribution in [-0.2, 0) is 4.79 Å². The van der Waals surface area contributed by atoms with Crippen molar-refractivity contribution in [3.63, 3.8) is 0 Å². The number of nitrogens with zero attached hydrogens (tertiary/aromatic N) is 1. The van der Waals surface area contributed by atoms with Crippen LogP contribution < -0.4 is 14.4 Å². The first-order valence-electron chi connectivity index (χ1n) is 9.16. The van der Waals surface area contributed by atoms with Crippen molar-refractivity contribution in [3.8, 4) is 11.5 Å². The fourth-order valence-corrected chi connectivity index (χ4v) is 3.44. The van der Waals surface area contributed by atoms with E-state index in [9.17, 15) is 9.59 Å². The van der Waals surface area contributed by atoms with Crippen molar-refractivity contribution in [2.75, 3.05) is 25.2 Å². The molecule has 2 aromatic carbocycles. The van der Waals surface area contributed by atoms with Gasteiger partial charge in [-0.3, -0.25) is 9.59 Å². The minimum Gasteiger partial charge on any atom is -0.491 e. The fourth-order valence-electron chi connectivity index (χ4n) is 3.14. The zero-order valence-corrected chi connectivity index (χ0v) is 16.7. The van der Waals surface area contributed by atoms with Crippen molar-refractivity contribution in [2.45, 2.75) is 19.8 Å². The van der Waals surface area contributed by atoms with Gasteiger partial charge in [0.1, 0.15) is 0 Å². The molecule has 146 valence electrons. The van der Waals surface area contributed by atoms with Crippen LogP contribution >= 0.6 is 11.6 Å². The van der Waals surface area contributed by atoms with Crippen LogP contribution in [0.15, 0.2) is 42.5 Å². The highest BCUT2D eigenvalue weighted by atomic mass is 35.5. The molecular formula is C22H22ClNO4. The van der Waals surface area contributed by atoms with Gasteiger partial charge in [0.2, 0.25) is 5.91 Å². The van der Waals surface area contributed by atoms with Gasteiger partial charge in [-0.1, -0.05) is 17.7 Å². The van der Waals surface area contributed by atoms with Gasteiger partial charge in [0.25, 0.3) is 0 Å². The third kappa shape index (κ3) is 4.37. The van der Waals surface area contributed by atoms with Gasteiger partial charge in [-0.05, 0) is 61.4 Å². The Hall–Kier alpha value is -2.79. The monoisotopic (exact) mass is 399 g/mol. The van der Waals surface area contributed by atoms with Crippen molar-refractivity contribution in [1.29, 1.82) is 0 Å². The Kier molecular flexibility index (Phi) is 6.37. The van der Waals surface area contributed by atoms with Crippen molar-refractivity contribution in [1.82, 2.24) is 0 Å². The molecule has 1 heterocycles. The summed E-state index contributed by atoms with van der Waals surface area (Å²) in [6.07, 6.45) is 4.63. The SMILES string of the molecule is CCOc1cc(/C=C/C(=O)c2ccc(N3CCCC3=O)cc2)cc(Cl)c1OC. The normalized spacial score (nSPS) is 14.0. The summed E-state index contributed by atoms with van der Waals surface area (Å²) in [5.41, 5.74) is 2.12. The summed E-state index contributed by atoms with van der Waals surface area (Å²) in [5.74, 6) is 0.993. The van der Waals surface area contributed by atoms with Gasteiger partial charge in [-0.25, -0.2) is 0 Å². The summed E-state index contributed by atoms with van der Waals surface area (Å²) in [7, 11) is 1.53. The first-order valence-corrected chi connectivity index (χ1v) is 9.54. The maximum Gasteiger partial charge on any atom is 0.227 e. The van der Waals surface area contributed by atoms with E-state index in [1.807, 2.05) is 19.1 Å². The molecular weight excluding hydrogens is 378 g/mol. The van der Waals surface area contributed by atoms with Crippen LogP contribution in [-0.4, -0.2) is 32.0 Å². The molecule has 28 heavy (non-hydrogen) atoms. The van der Waals surface area contributed by atoms with Crippen molar-refractivity contribution in [3.05, 3.63) is 58.6 Å². The molecule has 1 aliphatic heterocycles. The molecule has 0 bridgehead atoms. The van der Waals surface area contributed by atoms with Gasteiger partial charge in [0, 0.05) is 24.2 Å². The Bertz CT molecular complexity index is 905. The molecule has 1 saturated heterocycles. The fraction of sp³-hybridized carbons (Fsp3) is 0.273. The van der Waals surface area contributed by atoms with Crippen LogP contribution in [0.4, 0.5) is 5.69 Å². The second kappa shape index (κ2) is 8.93. The minimum absolute atomic E-state index is 0.125. The quantitative estimate of drug-likeness (QED) is 0.497. The highest BCUT2D eigenvalue weighted by molar-refractivity contribution is 6.32. The average molecular weight is 400 g/mol. The molecule has 0 atom stereocenters. The van der Waals surface area contributed by atoms with Crippen LogP contribution in [0, 0.1) is 0 Å². The maximum atomic E-state index is 12.5. The summed E-state index contributed by atoms with van der Waals surface area (Å²) >= 11 is 6.24. The van der Waals surface area contributed by atoms with Crippen molar-refractivity contribution < 1.29 is 19.1 Å². The zero-order chi connectivity index (χ0) is 20.1. The number of benzene rings is 2. The number of ketones is 1. The molecule has 0 saturated carbocycles. The molecule has 2 aromatic rings. The van der Waals surface area contributed by atoms with Crippen LogP contribution in [0.3, 0.4) is 0 Å². The molecule has 6 heteroatoms. The van der Waals surface area contributed by atoms with E-state index in [-0.39, 0.29) is 11.7 Å². The first-order chi connectivity index (χ1) is 13.5. The summed E-state index contributed by atoms with van der Waals surface area (Å²) < 4.78 is 10.8. The largest absolute Gasteiger partial charge is 0.491 e. The van der Waals surface area contributed by atoms with Gasteiger partial charge >= 0.3 is 0 Å². The standard InChI is InChI=1S/C22H22ClNO4/c1-3-28-20-14-15(13-18(23)22(20)27-2)6-11-19(25)16-7-9-17(10-8-16)24-12-4-5-21(24)26/h6-11,13-14H,3-5,12H2,1-2H3/b11-6+. The minimum atomic E-state index is -0.135. The number of hydrogen-bond acceptors (Lipinski definition) is 4. The lowest BCUT2D eigenvalue weighted by atomic mass is 10.1. The predicted octanol–water partition coefficient (Wildman–Crippen LogP) is 4.77. The number of hydrogen-bond donors (Lipinski definition) is 0. The van der Waals surface area contributed by atoms with Crippen molar-refractivity contribution >= 4 is 35.1 Å². The Morgan fingerprint density at radius 2 is 2.00 bits per heavy atom. The van der Waals surface area contributed by atoms with E-state index < -0.39 is 0 Å². The Balaban J connectivity index is 1.75. The van der Waals surface area contributed by atoms with E-state index in [0.29, 0.717) is 35.1 Å². The molecule has 0 radical (unpaired) electrons. The summed E-state index contributed by atoms with van der Waals surface area (Å²) in [5, 5.41) is 0.417. The van der Waals surface area contributed by atoms with E-state index in [1.54, 1.807) is 35.2 Å². The molecule has 0 N–H and O–H groups in total. The number of carbonyl (C=O) groups excluding carboxylic acids is 2. The molecule has 1 fully saturated rings. The number of methoxy groups -OCH3 is 1. The first kappa shape index (κ1) is 20.0. The lowest BCUT2D eigenvalue weighted by Gasteiger charge is -2.15. The number of anilines is 1. The third-order valence-corrected chi connectivity index (χ3v) is 4.78. The van der Waals surface area contributed by atoms with Crippen LogP contribution in [0.1, 0.15) is 35.7 Å². The number of amides is 1. The lowest BCUT2D eigenvalue weighted by Crippen LogP contribution is -2.23. The number of ether oxygens (including phenoxy) is 2. The van der Waals surface area contributed by atoms with E-state index >= 15 is 0 Å². The molecule has 0 aliphatic carbocycles. The van der Waals surface area contributed by atoms with E-state index in [2.05, 4.69) is 0 Å². The van der Waals surface area contributed by atoms with E-state index in [4.69, 9.17) is 21.1 Å². The Morgan fingerprint density at radius 3 is 2.61 bits per heavy atom. The Morgan fingerprint density at radius 1 is 1.25 bits per heavy atom. The highest BCUT2D eigenvalue weighted by Gasteiger charge is 2.21. The zero-order valence-electron chi connectivity index (χ0n) is 15.9. The Labute approximate surface area is 169 Å². The number of allylic oxidation sites excluding steroid dienone is 1. The van der Waals surface area contributed by atoms with Gasteiger partial charge < -0.3 is 14.4 Å². The van der Waals surface area contributed by atoms with Crippen LogP contribution in [0.5, 0.6) is 11.5 Å². The van der Waals surface area contributed by atoms with Crippen LogP contribution in [0.25, 0.3) is 6.08 Å². The molecule has 0 unspecified atom stereocenters.